The Hall–Kier alpha value is -1.88. The van der Waals surface area contributed by atoms with Gasteiger partial charge in [-0.25, -0.2) is 8.42 Å². The summed E-state index contributed by atoms with van der Waals surface area (Å²) in [5.41, 5.74) is 0. The monoisotopic (exact) mass is 250 g/mol. The highest BCUT2D eigenvalue weighted by Crippen LogP contribution is 2.22. The summed E-state index contributed by atoms with van der Waals surface area (Å²) in [6, 6.07) is 10.6. The molecule has 0 radical (unpaired) electrons. The van der Waals surface area contributed by atoms with E-state index in [0.29, 0.717) is 0 Å². The highest BCUT2D eigenvalue weighted by Gasteiger charge is 2.22. The second-order valence-electron chi connectivity index (χ2n) is 3.49. The van der Waals surface area contributed by atoms with E-state index in [0.717, 1.165) is 0 Å². The van der Waals surface area contributed by atoms with Crippen LogP contribution in [0.15, 0.2) is 56.9 Å². The summed E-state index contributed by atoms with van der Waals surface area (Å²) in [5.74, 6) is -0.265. The zero-order valence-corrected chi connectivity index (χ0v) is 9.90. The van der Waals surface area contributed by atoms with Gasteiger partial charge in [-0.2, -0.15) is 0 Å². The molecule has 0 bridgehead atoms. The molecule has 0 fully saturated rings. The van der Waals surface area contributed by atoms with E-state index in [1.165, 1.54) is 31.2 Å². The lowest BCUT2D eigenvalue weighted by Gasteiger charge is -1.99. The Kier molecular flexibility index (Phi) is 2.85. The number of carbonyl (C=O) groups excluding carboxylic acids is 1. The third-order valence-corrected chi connectivity index (χ3v) is 3.89. The minimum Gasteiger partial charge on any atom is -0.441 e. The van der Waals surface area contributed by atoms with E-state index < -0.39 is 9.84 Å². The van der Waals surface area contributed by atoms with Gasteiger partial charge in [-0.15, -0.1) is 0 Å². The number of Topliss-reactive ketones (excluding diaryl/α,β-unsaturated/α-hetero) is 1. The van der Waals surface area contributed by atoms with Crippen molar-refractivity contribution in [3.63, 3.8) is 0 Å². The van der Waals surface area contributed by atoms with E-state index in [2.05, 4.69) is 0 Å². The maximum absolute atomic E-state index is 12.1. The van der Waals surface area contributed by atoms with E-state index in [1.54, 1.807) is 18.2 Å². The van der Waals surface area contributed by atoms with Crippen LogP contribution >= 0.6 is 0 Å². The van der Waals surface area contributed by atoms with Gasteiger partial charge in [0.2, 0.25) is 14.9 Å². The van der Waals surface area contributed by atoms with Crippen molar-refractivity contribution in [3.05, 3.63) is 48.2 Å². The van der Waals surface area contributed by atoms with Crippen molar-refractivity contribution < 1.29 is 17.6 Å². The minimum absolute atomic E-state index is 0.0412. The molecule has 0 N–H and O–H groups in total. The Morgan fingerprint density at radius 1 is 1.06 bits per heavy atom. The Morgan fingerprint density at radius 2 is 1.71 bits per heavy atom. The van der Waals surface area contributed by atoms with Crippen molar-refractivity contribution in [2.24, 2.45) is 0 Å². The molecule has 1 heterocycles. The van der Waals surface area contributed by atoms with Gasteiger partial charge in [0, 0.05) is 6.92 Å². The first-order valence-corrected chi connectivity index (χ1v) is 6.41. The predicted molar refractivity (Wildman–Crippen MR) is 60.6 cm³/mol. The molecule has 1 aromatic carbocycles. The smallest absolute Gasteiger partial charge is 0.239 e. The van der Waals surface area contributed by atoms with Crippen LogP contribution < -0.4 is 0 Å². The Labute approximate surface area is 98.8 Å². The lowest BCUT2D eigenvalue weighted by atomic mass is 10.3. The maximum atomic E-state index is 12.1. The van der Waals surface area contributed by atoms with Crippen molar-refractivity contribution in [2.45, 2.75) is 16.9 Å². The SMILES string of the molecule is CC(=O)c1ccc(S(=O)(=O)c2ccccc2)o1. The van der Waals surface area contributed by atoms with Crippen LogP contribution in [-0.4, -0.2) is 14.2 Å². The van der Waals surface area contributed by atoms with Gasteiger partial charge in [0.15, 0.2) is 11.5 Å². The highest BCUT2D eigenvalue weighted by atomic mass is 32.2. The van der Waals surface area contributed by atoms with Crippen molar-refractivity contribution in [1.29, 1.82) is 0 Å². The number of carbonyl (C=O) groups is 1. The number of hydrogen-bond acceptors (Lipinski definition) is 4. The summed E-state index contributed by atoms with van der Waals surface area (Å²) in [4.78, 5) is 11.2. The van der Waals surface area contributed by atoms with Crippen LogP contribution in [0.25, 0.3) is 0 Å². The van der Waals surface area contributed by atoms with E-state index in [-0.39, 0.29) is 21.5 Å². The quantitative estimate of drug-likeness (QED) is 0.784. The summed E-state index contributed by atoms with van der Waals surface area (Å²) in [5, 5.41) is -0.214. The van der Waals surface area contributed by atoms with Gasteiger partial charge in [-0.3, -0.25) is 4.79 Å². The number of furan rings is 1. The molecule has 0 saturated heterocycles. The highest BCUT2D eigenvalue weighted by molar-refractivity contribution is 7.91. The number of sulfone groups is 1. The summed E-state index contributed by atoms with van der Waals surface area (Å²) >= 11 is 0. The van der Waals surface area contributed by atoms with Crippen LogP contribution in [0.3, 0.4) is 0 Å². The van der Waals surface area contributed by atoms with Crippen molar-refractivity contribution in [3.8, 4) is 0 Å². The molecule has 2 aromatic rings. The zero-order chi connectivity index (χ0) is 12.5. The number of benzene rings is 1. The van der Waals surface area contributed by atoms with Gasteiger partial charge in [-0.1, -0.05) is 18.2 Å². The standard InChI is InChI=1S/C12H10O4S/c1-9(13)11-7-8-12(16-11)17(14,15)10-5-3-2-4-6-10/h2-8H,1H3. The second-order valence-corrected chi connectivity index (χ2v) is 5.37. The Balaban J connectivity index is 2.49. The lowest BCUT2D eigenvalue weighted by Crippen LogP contribution is -2.00. The summed E-state index contributed by atoms with van der Waals surface area (Å²) in [6.45, 7) is 1.32. The largest absolute Gasteiger partial charge is 0.441 e. The van der Waals surface area contributed by atoms with Gasteiger partial charge >= 0.3 is 0 Å². The molecule has 0 amide bonds. The van der Waals surface area contributed by atoms with Crippen LogP contribution in [0.4, 0.5) is 0 Å². The van der Waals surface area contributed by atoms with Crippen molar-refractivity contribution in [1.82, 2.24) is 0 Å². The molecule has 0 saturated carbocycles. The molecule has 0 unspecified atom stereocenters. The average Bonchev–Trinajstić information content (AvgIpc) is 2.80. The fraction of sp³-hybridized carbons (Fsp3) is 0.0833. The van der Waals surface area contributed by atoms with Gasteiger partial charge in [0.1, 0.15) is 0 Å². The fourth-order valence-electron chi connectivity index (χ4n) is 1.37. The molecular formula is C12H10O4S. The molecule has 0 aliphatic heterocycles. The molecule has 0 spiro atoms. The molecule has 0 aliphatic carbocycles. The van der Waals surface area contributed by atoms with Crippen LogP contribution in [0.5, 0.6) is 0 Å². The molecule has 88 valence electrons. The molecule has 5 heteroatoms. The van der Waals surface area contributed by atoms with Crippen LogP contribution in [0, 0.1) is 0 Å². The average molecular weight is 250 g/mol. The number of ketones is 1. The van der Waals surface area contributed by atoms with Crippen LogP contribution in [0.2, 0.25) is 0 Å². The fourth-order valence-corrected chi connectivity index (χ4v) is 2.56. The predicted octanol–water partition coefficient (Wildman–Crippen LogP) is 2.32. The van der Waals surface area contributed by atoms with Crippen LogP contribution in [-0.2, 0) is 9.84 Å². The third kappa shape index (κ3) is 2.14. The minimum atomic E-state index is -3.67. The molecular weight excluding hydrogens is 240 g/mol. The molecule has 17 heavy (non-hydrogen) atoms. The van der Waals surface area contributed by atoms with E-state index in [9.17, 15) is 13.2 Å². The summed E-state index contributed by atoms with van der Waals surface area (Å²) in [7, 11) is -3.67. The van der Waals surface area contributed by atoms with E-state index in [1.807, 2.05) is 0 Å². The number of hydrogen-bond donors (Lipinski definition) is 0. The third-order valence-electron chi connectivity index (χ3n) is 2.25. The first-order chi connectivity index (χ1) is 8.01. The molecule has 1 aromatic heterocycles. The van der Waals surface area contributed by atoms with Gasteiger partial charge in [-0.05, 0) is 24.3 Å². The van der Waals surface area contributed by atoms with Gasteiger partial charge in [0.05, 0.1) is 4.90 Å². The topological polar surface area (TPSA) is 64.3 Å². The lowest BCUT2D eigenvalue weighted by molar-refractivity contribution is 0.0982. The molecule has 0 aliphatic rings. The maximum Gasteiger partial charge on any atom is 0.239 e. The van der Waals surface area contributed by atoms with Crippen molar-refractivity contribution >= 4 is 15.6 Å². The molecule has 4 nitrogen and oxygen atoms in total. The Bertz CT molecular complexity index is 638. The Morgan fingerprint density at radius 3 is 2.24 bits per heavy atom. The zero-order valence-electron chi connectivity index (χ0n) is 9.08. The second kappa shape index (κ2) is 4.18. The number of rotatable bonds is 3. The summed E-state index contributed by atoms with van der Waals surface area (Å²) < 4.78 is 29.2. The van der Waals surface area contributed by atoms with Gasteiger partial charge in [0.25, 0.3) is 0 Å². The van der Waals surface area contributed by atoms with Crippen molar-refractivity contribution in [2.75, 3.05) is 0 Å². The first-order valence-electron chi connectivity index (χ1n) is 4.93. The van der Waals surface area contributed by atoms with Gasteiger partial charge < -0.3 is 4.42 Å². The normalized spacial score (nSPS) is 11.4. The van der Waals surface area contributed by atoms with Crippen LogP contribution in [0.1, 0.15) is 17.5 Å². The molecule has 0 atom stereocenters. The van der Waals surface area contributed by atoms with E-state index >= 15 is 0 Å². The summed E-state index contributed by atoms with van der Waals surface area (Å²) in [6.07, 6.45) is 0. The van der Waals surface area contributed by atoms with E-state index in [4.69, 9.17) is 4.42 Å². The first kappa shape index (κ1) is 11.6. The molecule has 2 rings (SSSR count).